The van der Waals surface area contributed by atoms with Gasteiger partial charge in [0.2, 0.25) is 0 Å². The van der Waals surface area contributed by atoms with Crippen molar-refractivity contribution < 1.29 is 14.3 Å². The molecule has 1 heterocycles. The fourth-order valence-electron chi connectivity index (χ4n) is 3.13. The zero-order valence-corrected chi connectivity index (χ0v) is 14.7. The van der Waals surface area contributed by atoms with Gasteiger partial charge >= 0.3 is 0 Å². The zero-order valence-electron chi connectivity index (χ0n) is 14.7. The Kier molecular flexibility index (Phi) is 5.68. The number of methoxy groups -OCH3 is 1. The number of benzene rings is 2. The fraction of sp³-hybridized carbons (Fsp3) is 0.350. The molecule has 0 unspecified atom stereocenters. The second-order valence-electron chi connectivity index (χ2n) is 6.04. The number of carbonyl (C=O) groups is 1. The van der Waals surface area contributed by atoms with E-state index < -0.39 is 0 Å². The molecule has 1 N–H and O–H groups in total. The predicted molar refractivity (Wildman–Crippen MR) is 97.9 cm³/mol. The maximum atomic E-state index is 12.0. The van der Waals surface area contributed by atoms with Gasteiger partial charge in [0, 0.05) is 37.8 Å². The molecule has 25 heavy (non-hydrogen) atoms. The van der Waals surface area contributed by atoms with Crippen molar-refractivity contribution in [2.24, 2.45) is 0 Å². The van der Waals surface area contributed by atoms with E-state index in [2.05, 4.69) is 22.3 Å². The molecule has 0 spiro atoms. The Morgan fingerprint density at radius 1 is 1.16 bits per heavy atom. The van der Waals surface area contributed by atoms with Crippen LogP contribution in [0.2, 0.25) is 0 Å². The van der Waals surface area contributed by atoms with Gasteiger partial charge in [0.25, 0.3) is 5.91 Å². The Morgan fingerprint density at radius 3 is 2.64 bits per heavy atom. The van der Waals surface area contributed by atoms with Gasteiger partial charge in [-0.1, -0.05) is 24.3 Å². The molecule has 0 atom stereocenters. The molecule has 0 aliphatic carbocycles. The lowest BCUT2D eigenvalue weighted by Gasteiger charge is -2.27. The highest BCUT2D eigenvalue weighted by Gasteiger charge is 2.16. The van der Waals surface area contributed by atoms with Gasteiger partial charge in [0.05, 0.1) is 20.3 Å². The first-order chi connectivity index (χ1) is 12.2. The summed E-state index contributed by atoms with van der Waals surface area (Å²) in [6.45, 7) is 4.27. The monoisotopic (exact) mass is 340 g/mol. The largest absolute Gasteiger partial charge is 0.496 e. The summed E-state index contributed by atoms with van der Waals surface area (Å²) >= 11 is 0. The molecule has 0 bridgehead atoms. The summed E-state index contributed by atoms with van der Waals surface area (Å²) in [7, 11) is 3.29. The lowest BCUT2D eigenvalue weighted by Crippen LogP contribution is -2.35. The topological polar surface area (TPSA) is 50.8 Å². The third-order valence-corrected chi connectivity index (χ3v) is 4.49. The number of nitrogens with one attached hydrogen (secondary N) is 1. The SMILES string of the molecule is CNC(=O)c1ccc(OC)c(-c2ccccc2CN2CCOCC2)c1. The number of hydrogen-bond donors (Lipinski definition) is 1. The molecule has 2 aromatic rings. The highest BCUT2D eigenvalue weighted by atomic mass is 16.5. The zero-order chi connectivity index (χ0) is 17.6. The number of amides is 1. The predicted octanol–water partition coefficient (Wildman–Crippen LogP) is 2.55. The van der Waals surface area contributed by atoms with Crippen LogP contribution in [0.1, 0.15) is 15.9 Å². The van der Waals surface area contributed by atoms with Crippen LogP contribution in [0.5, 0.6) is 5.75 Å². The van der Waals surface area contributed by atoms with Crippen LogP contribution in [0.15, 0.2) is 42.5 Å². The second kappa shape index (κ2) is 8.14. The van der Waals surface area contributed by atoms with Gasteiger partial charge < -0.3 is 14.8 Å². The molecular weight excluding hydrogens is 316 g/mol. The summed E-state index contributed by atoms with van der Waals surface area (Å²) < 4.78 is 11.0. The van der Waals surface area contributed by atoms with Crippen LogP contribution in [-0.4, -0.2) is 51.3 Å². The van der Waals surface area contributed by atoms with Crippen LogP contribution < -0.4 is 10.1 Å². The Labute approximate surface area is 148 Å². The van der Waals surface area contributed by atoms with E-state index in [0.29, 0.717) is 5.56 Å². The summed E-state index contributed by atoms with van der Waals surface area (Å²) in [5, 5.41) is 2.68. The Bertz CT molecular complexity index is 739. The highest BCUT2D eigenvalue weighted by molar-refractivity contribution is 5.96. The number of rotatable bonds is 5. The van der Waals surface area contributed by atoms with Crippen molar-refractivity contribution >= 4 is 5.91 Å². The number of ether oxygens (including phenoxy) is 2. The molecule has 3 rings (SSSR count). The van der Waals surface area contributed by atoms with Crippen LogP contribution in [0.25, 0.3) is 11.1 Å². The maximum absolute atomic E-state index is 12.0. The number of carbonyl (C=O) groups excluding carboxylic acids is 1. The van der Waals surface area contributed by atoms with Gasteiger partial charge in [0.15, 0.2) is 0 Å². The number of nitrogens with zero attached hydrogens (tertiary/aromatic N) is 1. The summed E-state index contributed by atoms with van der Waals surface area (Å²) in [6.07, 6.45) is 0. The third kappa shape index (κ3) is 4.00. The van der Waals surface area contributed by atoms with Gasteiger partial charge in [-0.15, -0.1) is 0 Å². The average molecular weight is 340 g/mol. The summed E-state index contributed by atoms with van der Waals surface area (Å²) in [5.74, 6) is 0.664. The van der Waals surface area contributed by atoms with Crippen molar-refractivity contribution in [2.75, 3.05) is 40.5 Å². The Balaban J connectivity index is 1.99. The van der Waals surface area contributed by atoms with Gasteiger partial charge in [0.1, 0.15) is 5.75 Å². The Hall–Kier alpha value is -2.37. The van der Waals surface area contributed by atoms with E-state index >= 15 is 0 Å². The number of hydrogen-bond acceptors (Lipinski definition) is 4. The first kappa shape index (κ1) is 17.5. The van der Waals surface area contributed by atoms with E-state index in [0.717, 1.165) is 49.7 Å². The van der Waals surface area contributed by atoms with Crippen LogP contribution in [0.3, 0.4) is 0 Å². The quantitative estimate of drug-likeness (QED) is 0.909. The lowest BCUT2D eigenvalue weighted by molar-refractivity contribution is 0.0342. The minimum atomic E-state index is -0.102. The molecule has 0 aromatic heterocycles. The van der Waals surface area contributed by atoms with Gasteiger partial charge in [-0.2, -0.15) is 0 Å². The van der Waals surface area contributed by atoms with E-state index in [4.69, 9.17) is 9.47 Å². The van der Waals surface area contributed by atoms with E-state index in [-0.39, 0.29) is 5.91 Å². The smallest absolute Gasteiger partial charge is 0.251 e. The maximum Gasteiger partial charge on any atom is 0.251 e. The molecule has 1 saturated heterocycles. The van der Waals surface area contributed by atoms with Gasteiger partial charge in [-0.3, -0.25) is 9.69 Å². The molecule has 0 saturated carbocycles. The van der Waals surface area contributed by atoms with Crippen molar-refractivity contribution in [1.29, 1.82) is 0 Å². The summed E-state index contributed by atoms with van der Waals surface area (Å²) in [5.41, 5.74) is 3.88. The molecule has 132 valence electrons. The van der Waals surface area contributed by atoms with Crippen molar-refractivity contribution in [3.05, 3.63) is 53.6 Å². The van der Waals surface area contributed by atoms with Crippen molar-refractivity contribution in [3.8, 4) is 16.9 Å². The third-order valence-electron chi connectivity index (χ3n) is 4.49. The molecule has 1 aliphatic rings. The van der Waals surface area contributed by atoms with E-state index in [1.807, 2.05) is 24.3 Å². The first-order valence-electron chi connectivity index (χ1n) is 8.51. The van der Waals surface area contributed by atoms with E-state index in [1.165, 1.54) is 5.56 Å². The normalized spacial score (nSPS) is 15.0. The van der Waals surface area contributed by atoms with E-state index in [9.17, 15) is 4.79 Å². The Morgan fingerprint density at radius 2 is 1.92 bits per heavy atom. The average Bonchev–Trinajstić information content (AvgIpc) is 2.68. The highest BCUT2D eigenvalue weighted by Crippen LogP contribution is 2.34. The molecule has 0 radical (unpaired) electrons. The van der Waals surface area contributed by atoms with Crippen LogP contribution in [0.4, 0.5) is 0 Å². The second-order valence-corrected chi connectivity index (χ2v) is 6.04. The molecular formula is C20H24N2O3. The molecule has 5 heteroatoms. The fourth-order valence-corrected chi connectivity index (χ4v) is 3.13. The standard InChI is InChI=1S/C20H24N2O3/c1-21-20(23)15-7-8-19(24-2)18(13-15)17-6-4-3-5-16(17)14-22-9-11-25-12-10-22/h3-8,13H,9-12,14H2,1-2H3,(H,21,23). The van der Waals surface area contributed by atoms with Crippen LogP contribution >= 0.6 is 0 Å². The lowest BCUT2D eigenvalue weighted by atomic mass is 9.96. The summed E-state index contributed by atoms with van der Waals surface area (Å²) in [6, 6.07) is 13.8. The van der Waals surface area contributed by atoms with Crippen LogP contribution in [-0.2, 0) is 11.3 Å². The molecule has 1 aliphatic heterocycles. The number of morpholine rings is 1. The van der Waals surface area contributed by atoms with Gasteiger partial charge in [-0.05, 0) is 29.3 Å². The van der Waals surface area contributed by atoms with Crippen molar-refractivity contribution in [1.82, 2.24) is 10.2 Å². The van der Waals surface area contributed by atoms with Crippen LogP contribution in [0, 0.1) is 0 Å². The summed E-state index contributed by atoms with van der Waals surface area (Å²) in [4.78, 5) is 14.4. The minimum absolute atomic E-state index is 0.102. The molecule has 1 amide bonds. The van der Waals surface area contributed by atoms with E-state index in [1.54, 1.807) is 20.2 Å². The molecule has 5 nitrogen and oxygen atoms in total. The molecule has 1 fully saturated rings. The van der Waals surface area contributed by atoms with Gasteiger partial charge in [-0.25, -0.2) is 0 Å². The molecule has 2 aromatic carbocycles. The first-order valence-corrected chi connectivity index (χ1v) is 8.51. The minimum Gasteiger partial charge on any atom is -0.496 e. The van der Waals surface area contributed by atoms with Crippen molar-refractivity contribution in [3.63, 3.8) is 0 Å². The van der Waals surface area contributed by atoms with Crippen molar-refractivity contribution in [2.45, 2.75) is 6.54 Å².